The monoisotopic (exact) mass is 507 g/mol. The van der Waals surface area contributed by atoms with E-state index >= 15 is 0 Å². The predicted molar refractivity (Wildman–Crippen MR) is 129 cm³/mol. The number of halogens is 1. The van der Waals surface area contributed by atoms with Gasteiger partial charge in [-0.2, -0.15) is 9.13 Å². The Hall–Kier alpha value is -3.33. The van der Waals surface area contributed by atoms with E-state index in [4.69, 9.17) is 23.6 Å². The van der Waals surface area contributed by atoms with Gasteiger partial charge in [-0.3, -0.25) is 0 Å². The summed E-state index contributed by atoms with van der Waals surface area (Å²) in [4.78, 5) is 4.97. The van der Waals surface area contributed by atoms with Crippen LogP contribution in [0, 0.1) is 51.8 Å². The van der Waals surface area contributed by atoms with Gasteiger partial charge in [0, 0.05) is 0 Å². The molecule has 1 heterocycles. The number of hydrogen-bond acceptors (Lipinski definition) is 5. The molecule has 0 bridgehead atoms. The summed E-state index contributed by atoms with van der Waals surface area (Å²) in [5.41, 5.74) is 10.8. The molecule has 7 nitrogen and oxygen atoms in total. The van der Waals surface area contributed by atoms with Crippen LogP contribution in [-0.2, 0) is 0 Å². The molecule has 0 spiro atoms. The molecule has 0 N–H and O–H groups in total. The number of nitrogens with zero attached hydrogens (tertiary/aromatic N) is 3. The molecule has 3 aromatic carbocycles. The molecular weight excluding hydrogens is 478 g/mol. The van der Waals surface area contributed by atoms with Crippen molar-refractivity contribution in [1.82, 2.24) is 4.57 Å². The molecule has 0 amide bonds. The number of hydrogen-bond donors (Lipinski definition) is 0. The first-order chi connectivity index (χ1) is 16.9. The topological polar surface area (TPSA) is 113 Å². The zero-order valence-corrected chi connectivity index (χ0v) is 22.0. The van der Waals surface area contributed by atoms with Gasteiger partial charge in [-0.05, 0) is 74.9 Å². The summed E-state index contributed by atoms with van der Waals surface area (Å²) in [7, 11) is -4.94. The first kappa shape index (κ1) is 27.3. The number of imidazole rings is 1. The van der Waals surface area contributed by atoms with Crippen LogP contribution in [0.25, 0.3) is 11.4 Å². The fraction of sp³-hybridized carbons (Fsp3) is 0.214. The van der Waals surface area contributed by atoms with E-state index in [1.807, 2.05) is 6.21 Å². The van der Waals surface area contributed by atoms with Crippen LogP contribution in [0.15, 0.2) is 72.0 Å². The number of para-hydroxylation sites is 3. The van der Waals surface area contributed by atoms with E-state index in [9.17, 15) is 0 Å². The molecule has 0 atom stereocenters. The molecule has 0 saturated carbocycles. The van der Waals surface area contributed by atoms with E-state index in [1.165, 1.54) is 44.8 Å². The van der Waals surface area contributed by atoms with Crippen LogP contribution in [0.3, 0.4) is 0 Å². The Labute approximate surface area is 214 Å². The molecule has 0 aliphatic carbocycles. The lowest BCUT2D eigenvalue weighted by molar-refractivity contribution is -2.00. The van der Waals surface area contributed by atoms with Crippen molar-refractivity contribution in [3.05, 3.63) is 106 Å². The summed E-state index contributed by atoms with van der Waals surface area (Å²) in [6.07, 6.45) is 6.30. The molecular formula is C28H30ClN3O4. The van der Waals surface area contributed by atoms with Crippen LogP contribution in [0.4, 0.5) is 5.69 Å². The maximum Gasteiger partial charge on any atom is 0.310 e. The fourth-order valence-corrected chi connectivity index (χ4v) is 4.41. The van der Waals surface area contributed by atoms with Gasteiger partial charge in [0.15, 0.2) is 0 Å². The van der Waals surface area contributed by atoms with E-state index in [0.717, 1.165) is 11.5 Å². The number of aryl methyl sites for hydroxylation is 6. The molecule has 0 saturated heterocycles. The zero-order valence-electron chi connectivity index (χ0n) is 21.3. The molecule has 0 aliphatic rings. The lowest BCUT2D eigenvalue weighted by Crippen LogP contribution is -2.68. The van der Waals surface area contributed by atoms with Crippen molar-refractivity contribution in [2.75, 3.05) is 0 Å². The molecule has 0 radical (unpaired) electrons. The van der Waals surface area contributed by atoms with Gasteiger partial charge in [-0.1, -0.05) is 54.6 Å². The van der Waals surface area contributed by atoms with E-state index in [0.29, 0.717) is 0 Å². The SMILES string of the molecule is Cc1cccc(C)c1N=Cc1n(-c2c(C)cccc2C)cc[n+]1-c1c(C)cccc1C.[O-][Cl+3]([O-])([O-])[O-]. The Morgan fingerprint density at radius 1 is 0.694 bits per heavy atom. The minimum atomic E-state index is -4.94. The third kappa shape index (κ3) is 6.46. The molecule has 8 heteroatoms. The minimum Gasteiger partial charge on any atom is -0.248 e. The summed E-state index contributed by atoms with van der Waals surface area (Å²) in [6.45, 7) is 12.9. The predicted octanol–water partition coefficient (Wildman–Crippen LogP) is 1.60. The smallest absolute Gasteiger partial charge is 0.248 e. The van der Waals surface area contributed by atoms with Gasteiger partial charge in [0.1, 0.15) is 30.0 Å². The van der Waals surface area contributed by atoms with E-state index in [2.05, 4.69) is 118 Å². The van der Waals surface area contributed by atoms with Crippen LogP contribution in [0.2, 0.25) is 0 Å². The van der Waals surface area contributed by atoms with Crippen LogP contribution in [-0.4, -0.2) is 10.8 Å². The van der Waals surface area contributed by atoms with Crippen molar-refractivity contribution >= 4 is 11.9 Å². The molecule has 36 heavy (non-hydrogen) atoms. The van der Waals surface area contributed by atoms with Crippen molar-refractivity contribution in [2.45, 2.75) is 41.5 Å². The van der Waals surface area contributed by atoms with Gasteiger partial charge in [0.2, 0.25) is 0 Å². The third-order valence-electron chi connectivity index (χ3n) is 5.97. The summed E-state index contributed by atoms with van der Waals surface area (Å²) < 4.78 is 38.5. The average molecular weight is 508 g/mol. The minimum absolute atomic E-state index is 1.03. The van der Waals surface area contributed by atoms with Gasteiger partial charge in [0.05, 0.1) is 5.69 Å². The Balaban J connectivity index is 0.000000658. The molecule has 0 aliphatic heterocycles. The van der Waals surface area contributed by atoms with Crippen molar-refractivity contribution in [1.29, 1.82) is 0 Å². The molecule has 4 aromatic rings. The quantitative estimate of drug-likeness (QED) is 0.308. The fourth-order valence-electron chi connectivity index (χ4n) is 4.41. The van der Waals surface area contributed by atoms with Gasteiger partial charge >= 0.3 is 5.82 Å². The van der Waals surface area contributed by atoms with E-state index < -0.39 is 10.2 Å². The summed E-state index contributed by atoms with van der Waals surface area (Å²) >= 11 is 0. The standard InChI is InChI=1S/C28H30N3.ClHO4/c1-19-10-7-11-20(2)26(19)29-18-25-30(27-21(3)12-8-13-22(27)4)16-17-31(25)28-23(5)14-9-15-24(28)6;2-1(3,4)5/h7-18H,1-6H3;(H,2,3,4,5)/q+1;/p-1. The highest BCUT2D eigenvalue weighted by atomic mass is 35.7. The van der Waals surface area contributed by atoms with Crippen LogP contribution < -0.4 is 23.2 Å². The second-order valence-electron chi connectivity index (χ2n) is 8.75. The maximum atomic E-state index is 8.49. The molecule has 4 rings (SSSR count). The Kier molecular flexibility index (Phi) is 8.45. The number of aliphatic imine (C=N–C) groups is 1. The first-order valence-electron chi connectivity index (χ1n) is 11.4. The Morgan fingerprint density at radius 2 is 1.11 bits per heavy atom. The Morgan fingerprint density at radius 3 is 1.58 bits per heavy atom. The van der Waals surface area contributed by atoms with Crippen LogP contribution in [0.1, 0.15) is 39.2 Å². The molecule has 188 valence electrons. The molecule has 1 aromatic heterocycles. The van der Waals surface area contributed by atoms with E-state index in [1.54, 1.807) is 0 Å². The van der Waals surface area contributed by atoms with Gasteiger partial charge in [0.25, 0.3) is 0 Å². The zero-order chi connectivity index (χ0) is 26.6. The summed E-state index contributed by atoms with van der Waals surface area (Å²) in [5.74, 6) is 1.03. The highest BCUT2D eigenvalue weighted by Crippen LogP contribution is 2.24. The third-order valence-corrected chi connectivity index (χ3v) is 5.97. The maximum absolute atomic E-state index is 8.49. The number of rotatable bonds is 4. The van der Waals surface area contributed by atoms with Gasteiger partial charge < -0.3 is 0 Å². The van der Waals surface area contributed by atoms with Crippen molar-refractivity contribution < 1.29 is 33.4 Å². The molecule has 0 fully saturated rings. The van der Waals surface area contributed by atoms with Crippen molar-refractivity contribution in [2.24, 2.45) is 4.99 Å². The average Bonchev–Trinajstić information content (AvgIpc) is 3.15. The second kappa shape index (κ2) is 11.2. The number of aromatic nitrogens is 2. The lowest BCUT2D eigenvalue weighted by atomic mass is 10.1. The highest BCUT2D eigenvalue weighted by molar-refractivity contribution is 5.79. The highest BCUT2D eigenvalue weighted by Gasteiger charge is 2.23. The van der Waals surface area contributed by atoms with Crippen molar-refractivity contribution in [3.63, 3.8) is 0 Å². The van der Waals surface area contributed by atoms with Crippen LogP contribution in [0.5, 0.6) is 0 Å². The van der Waals surface area contributed by atoms with E-state index in [-0.39, 0.29) is 0 Å². The van der Waals surface area contributed by atoms with Crippen molar-refractivity contribution in [3.8, 4) is 11.4 Å². The van der Waals surface area contributed by atoms with Crippen LogP contribution >= 0.6 is 0 Å². The van der Waals surface area contributed by atoms with Gasteiger partial charge in [-0.15, -0.1) is 10.2 Å². The largest absolute Gasteiger partial charge is 0.310 e. The van der Waals surface area contributed by atoms with Gasteiger partial charge in [-0.25, -0.2) is 23.6 Å². The second-order valence-corrected chi connectivity index (χ2v) is 9.51. The normalized spacial score (nSPS) is 11.5. The Bertz CT molecular complexity index is 1270. The first-order valence-corrected chi connectivity index (χ1v) is 12.6. The summed E-state index contributed by atoms with van der Waals surface area (Å²) in [5, 5.41) is 0. The number of benzene rings is 3. The molecule has 0 unspecified atom stereocenters. The summed E-state index contributed by atoms with van der Waals surface area (Å²) in [6, 6.07) is 19.2. The lowest BCUT2D eigenvalue weighted by Gasteiger charge is -2.17.